The first-order chi connectivity index (χ1) is 7.33. The van der Waals surface area contributed by atoms with E-state index in [4.69, 9.17) is 0 Å². The van der Waals surface area contributed by atoms with Gasteiger partial charge in [0, 0.05) is 18.5 Å². The molecule has 16 heavy (non-hydrogen) atoms. The molecule has 0 amide bonds. The minimum atomic E-state index is -4.30. The highest BCUT2D eigenvalue weighted by molar-refractivity contribution is 5.15. The SMILES string of the molecule is C/C(=C\C=C/CC1(F)CCNC1)C(F)(F)F. The molecule has 92 valence electrons. The second-order valence-corrected chi connectivity index (χ2v) is 4.06. The van der Waals surface area contributed by atoms with Crippen molar-refractivity contribution in [3.05, 3.63) is 23.8 Å². The summed E-state index contributed by atoms with van der Waals surface area (Å²) in [6, 6.07) is 0. The zero-order chi connectivity index (χ0) is 12.2. The fraction of sp³-hybridized carbons (Fsp3) is 0.636. The van der Waals surface area contributed by atoms with Crippen molar-refractivity contribution in [3.8, 4) is 0 Å². The van der Waals surface area contributed by atoms with E-state index in [0.717, 1.165) is 13.0 Å². The molecule has 0 bridgehead atoms. The minimum absolute atomic E-state index is 0.154. The molecule has 1 unspecified atom stereocenters. The average Bonchev–Trinajstić information content (AvgIpc) is 2.58. The quantitative estimate of drug-likeness (QED) is 0.587. The molecular weight excluding hydrogens is 222 g/mol. The Morgan fingerprint density at radius 3 is 2.62 bits per heavy atom. The number of hydrogen-bond acceptors (Lipinski definition) is 1. The van der Waals surface area contributed by atoms with Crippen molar-refractivity contribution >= 4 is 0 Å². The van der Waals surface area contributed by atoms with Crippen molar-refractivity contribution in [3.63, 3.8) is 0 Å². The Morgan fingerprint density at radius 1 is 1.44 bits per heavy atom. The summed E-state index contributed by atoms with van der Waals surface area (Å²) in [5, 5.41) is 2.88. The molecule has 1 aliphatic rings. The Kier molecular flexibility index (Phi) is 4.13. The van der Waals surface area contributed by atoms with Crippen molar-refractivity contribution in [1.82, 2.24) is 5.32 Å². The second-order valence-electron chi connectivity index (χ2n) is 4.06. The molecule has 0 spiro atoms. The molecule has 1 fully saturated rings. The second kappa shape index (κ2) is 4.99. The first-order valence-corrected chi connectivity index (χ1v) is 5.14. The third kappa shape index (κ3) is 3.96. The predicted octanol–water partition coefficient (Wildman–Crippen LogP) is 3.14. The maximum absolute atomic E-state index is 13.7. The molecule has 0 aliphatic carbocycles. The van der Waals surface area contributed by atoms with Crippen LogP contribution in [0, 0.1) is 0 Å². The van der Waals surface area contributed by atoms with Crippen LogP contribution in [0.4, 0.5) is 17.6 Å². The lowest BCUT2D eigenvalue weighted by Gasteiger charge is -2.14. The van der Waals surface area contributed by atoms with Gasteiger partial charge in [-0.2, -0.15) is 13.2 Å². The first kappa shape index (κ1) is 13.2. The fourth-order valence-electron chi connectivity index (χ4n) is 1.47. The van der Waals surface area contributed by atoms with Crippen molar-refractivity contribution in [2.24, 2.45) is 0 Å². The summed E-state index contributed by atoms with van der Waals surface area (Å²) in [6.45, 7) is 1.90. The summed E-state index contributed by atoms with van der Waals surface area (Å²) in [5.74, 6) is 0. The van der Waals surface area contributed by atoms with E-state index in [-0.39, 0.29) is 13.0 Å². The Labute approximate surface area is 92.2 Å². The van der Waals surface area contributed by atoms with Crippen LogP contribution in [0.1, 0.15) is 19.8 Å². The molecule has 0 aromatic rings. The van der Waals surface area contributed by atoms with Gasteiger partial charge in [-0.05, 0) is 19.9 Å². The maximum Gasteiger partial charge on any atom is 0.412 e. The number of halogens is 4. The van der Waals surface area contributed by atoms with E-state index in [1.807, 2.05) is 0 Å². The van der Waals surface area contributed by atoms with Crippen LogP contribution in [0.15, 0.2) is 23.8 Å². The summed E-state index contributed by atoms with van der Waals surface area (Å²) in [6.07, 6.45) is -0.0515. The first-order valence-electron chi connectivity index (χ1n) is 5.14. The molecular formula is C11H15F4N. The third-order valence-corrected chi connectivity index (χ3v) is 2.60. The van der Waals surface area contributed by atoms with E-state index in [9.17, 15) is 17.6 Å². The van der Waals surface area contributed by atoms with Crippen LogP contribution >= 0.6 is 0 Å². The molecule has 1 nitrogen and oxygen atoms in total. The van der Waals surface area contributed by atoms with E-state index >= 15 is 0 Å². The Bertz CT molecular complexity index is 285. The van der Waals surface area contributed by atoms with Crippen LogP contribution in [0.3, 0.4) is 0 Å². The van der Waals surface area contributed by atoms with Gasteiger partial charge in [-0.1, -0.05) is 18.2 Å². The van der Waals surface area contributed by atoms with Gasteiger partial charge in [0.15, 0.2) is 0 Å². The summed E-state index contributed by atoms with van der Waals surface area (Å²) in [7, 11) is 0. The lowest BCUT2D eigenvalue weighted by molar-refractivity contribution is -0.0912. The van der Waals surface area contributed by atoms with Crippen LogP contribution < -0.4 is 5.32 Å². The zero-order valence-corrected chi connectivity index (χ0v) is 9.07. The average molecular weight is 237 g/mol. The van der Waals surface area contributed by atoms with E-state index in [1.54, 1.807) is 0 Å². The summed E-state index contributed by atoms with van der Waals surface area (Å²) < 4.78 is 49.9. The van der Waals surface area contributed by atoms with Crippen molar-refractivity contribution in [2.45, 2.75) is 31.6 Å². The van der Waals surface area contributed by atoms with Crippen LogP contribution in [-0.4, -0.2) is 24.9 Å². The third-order valence-electron chi connectivity index (χ3n) is 2.60. The van der Waals surface area contributed by atoms with E-state index < -0.39 is 17.4 Å². The molecule has 1 saturated heterocycles. The molecule has 0 saturated carbocycles. The highest BCUT2D eigenvalue weighted by Crippen LogP contribution is 2.26. The van der Waals surface area contributed by atoms with E-state index in [1.165, 1.54) is 12.2 Å². The summed E-state index contributed by atoms with van der Waals surface area (Å²) in [4.78, 5) is 0. The molecule has 5 heteroatoms. The normalized spacial score (nSPS) is 27.9. The van der Waals surface area contributed by atoms with Gasteiger partial charge in [-0.3, -0.25) is 0 Å². The Morgan fingerprint density at radius 2 is 2.12 bits per heavy atom. The van der Waals surface area contributed by atoms with Crippen LogP contribution in [0.2, 0.25) is 0 Å². The summed E-state index contributed by atoms with van der Waals surface area (Å²) >= 11 is 0. The van der Waals surface area contributed by atoms with Gasteiger partial charge in [0.2, 0.25) is 0 Å². The monoisotopic (exact) mass is 237 g/mol. The largest absolute Gasteiger partial charge is 0.412 e. The van der Waals surface area contributed by atoms with Crippen LogP contribution in [-0.2, 0) is 0 Å². The van der Waals surface area contributed by atoms with Crippen LogP contribution in [0.25, 0.3) is 0 Å². The maximum atomic E-state index is 13.7. The highest BCUT2D eigenvalue weighted by Gasteiger charge is 2.32. The lowest BCUT2D eigenvalue weighted by atomic mass is 10.0. The van der Waals surface area contributed by atoms with Gasteiger partial charge in [-0.15, -0.1) is 0 Å². The topological polar surface area (TPSA) is 12.0 Å². The van der Waals surface area contributed by atoms with Gasteiger partial charge in [0.05, 0.1) is 0 Å². The minimum Gasteiger partial charge on any atom is -0.313 e. The number of allylic oxidation sites excluding steroid dienone is 4. The van der Waals surface area contributed by atoms with Crippen molar-refractivity contribution in [1.29, 1.82) is 0 Å². The van der Waals surface area contributed by atoms with Gasteiger partial charge >= 0.3 is 6.18 Å². The molecule has 1 atom stereocenters. The molecule has 0 radical (unpaired) electrons. The van der Waals surface area contributed by atoms with Gasteiger partial charge in [-0.25, -0.2) is 4.39 Å². The Hall–Kier alpha value is -0.840. The lowest BCUT2D eigenvalue weighted by Crippen LogP contribution is -2.24. The van der Waals surface area contributed by atoms with Gasteiger partial charge < -0.3 is 5.32 Å². The summed E-state index contributed by atoms with van der Waals surface area (Å²) in [5.41, 5.74) is -1.97. The van der Waals surface area contributed by atoms with Crippen molar-refractivity contribution in [2.75, 3.05) is 13.1 Å². The van der Waals surface area contributed by atoms with E-state index in [2.05, 4.69) is 5.32 Å². The van der Waals surface area contributed by atoms with Crippen LogP contribution in [0.5, 0.6) is 0 Å². The smallest absolute Gasteiger partial charge is 0.313 e. The van der Waals surface area contributed by atoms with Gasteiger partial charge in [0.25, 0.3) is 0 Å². The standard InChI is InChI=1S/C11H15F4N/c1-9(11(13,14)15)4-2-3-5-10(12)6-7-16-8-10/h2-4,16H,5-8H2,1H3/b3-2-,9-4+. The number of nitrogens with one attached hydrogen (secondary N) is 1. The number of hydrogen-bond donors (Lipinski definition) is 1. The zero-order valence-electron chi connectivity index (χ0n) is 9.07. The fourth-order valence-corrected chi connectivity index (χ4v) is 1.47. The van der Waals surface area contributed by atoms with E-state index in [0.29, 0.717) is 13.0 Å². The molecule has 1 heterocycles. The number of rotatable bonds is 3. The van der Waals surface area contributed by atoms with Gasteiger partial charge in [0.1, 0.15) is 5.67 Å². The molecule has 1 aliphatic heterocycles. The molecule has 0 aromatic carbocycles. The molecule has 1 N–H and O–H groups in total. The highest BCUT2D eigenvalue weighted by atomic mass is 19.4. The number of alkyl halides is 4. The Balaban J connectivity index is 2.43. The molecule has 0 aromatic heterocycles. The molecule has 1 rings (SSSR count). The van der Waals surface area contributed by atoms with Crippen molar-refractivity contribution < 1.29 is 17.6 Å². The predicted molar refractivity (Wildman–Crippen MR) is 54.9 cm³/mol.